The van der Waals surface area contributed by atoms with E-state index in [-0.39, 0.29) is 11.7 Å². The fourth-order valence-corrected chi connectivity index (χ4v) is 4.69. The third kappa shape index (κ3) is 2.66. The highest BCUT2D eigenvalue weighted by Gasteiger charge is 2.21. The lowest BCUT2D eigenvalue weighted by Gasteiger charge is -2.15. The van der Waals surface area contributed by atoms with Crippen molar-refractivity contribution in [2.45, 2.75) is 37.6 Å². The van der Waals surface area contributed by atoms with E-state index in [2.05, 4.69) is 11.9 Å². The van der Waals surface area contributed by atoms with Crippen LogP contribution in [0, 0.1) is 0 Å². The number of pyridine rings is 1. The summed E-state index contributed by atoms with van der Waals surface area (Å²) < 4.78 is 8.20. The third-order valence-corrected chi connectivity index (χ3v) is 5.95. The van der Waals surface area contributed by atoms with Crippen LogP contribution in [0.3, 0.4) is 0 Å². The summed E-state index contributed by atoms with van der Waals surface area (Å²) >= 11 is 3.04. The number of hydrogen-bond acceptors (Lipinski definition) is 6. The summed E-state index contributed by atoms with van der Waals surface area (Å²) in [5, 5.41) is 1.75. The number of fused-ring (bicyclic) bond motifs is 3. The molecule has 4 heterocycles. The molecule has 4 rings (SSSR count). The van der Waals surface area contributed by atoms with E-state index in [1.165, 1.54) is 11.3 Å². The van der Waals surface area contributed by atoms with Gasteiger partial charge < -0.3 is 4.74 Å². The summed E-state index contributed by atoms with van der Waals surface area (Å²) in [6.45, 7) is 3.45. The largest absolute Gasteiger partial charge is 0.376 e. The number of ether oxygens (including phenoxy) is 1. The molecule has 120 valence electrons. The van der Waals surface area contributed by atoms with Crippen molar-refractivity contribution in [3.63, 3.8) is 0 Å². The van der Waals surface area contributed by atoms with Crippen LogP contribution < -0.4 is 5.56 Å². The molecule has 0 aliphatic carbocycles. The minimum Gasteiger partial charge on any atom is -0.376 e. The van der Waals surface area contributed by atoms with Crippen LogP contribution in [0.1, 0.15) is 19.8 Å². The minimum atomic E-state index is 0.0319. The first kappa shape index (κ1) is 15.1. The van der Waals surface area contributed by atoms with Crippen molar-refractivity contribution in [3.05, 3.63) is 28.7 Å². The number of aromatic nitrogens is 3. The van der Waals surface area contributed by atoms with Gasteiger partial charge in [-0.3, -0.25) is 9.36 Å². The zero-order valence-corrected chi connectivity index (χ0v) is 14.5. The van der Waals surface area contributed by atoms with E-state index in [1.54, 1.807) is 22.5 Å². The summed E-state index contributed by atoms with van der Waals surface area (Å²) in [6, 6.07) is 3.87. The molecule has 0 N–H and O–H groups in total. The zero-order chi connectivity index (χ0) is 15.8. The third-order valence-electron chi connectivity index (χ3n) is 4.00. The molecule has 5 nitrogen and oxygen atoms in total. The molecule has 0 radical (unpaired) electrons. The molecule has 3 aromatic heterocycles. The highest BCUT2D eigenvalue weighted by atomic mass is 32.2. The predicted molar refractivity (Wildman–Crippen MR) is 94.6 cm³/mol. The fraction of sp³-hybridized carbons (Fsp3) is 0.438. The lowest BCUT2D eigenvalue weighted by molar-refractivity contribution is 0.0938. The second-order valence-electron chi connectivity index (χ2n) is 5.51. The van der Waals surface area contributed by atoms with Gasteiger partial charge in [-0.1, -0.05) is 18.7 Å². The molecule has 3 aromatic rings. The van der Waals surface area contributed by atoms with Gasteiger partial charge in [0.1, 0.15) is 9.53 Å². The smallest absolute Gasteiger partial charge is 0.272 e. The summed E-state index contributed by atoms with van der Waals surface area (Å²) in [6.07, 6.45) is 3.95. The van der Waals surface area contributed by atoms with Gasteiger partial charge in [-0.15, -0.1) is 11.3 Å². The van der Waals surface area contributed by atoms with Crippen molar-refractivity contribution in [2.24, 2.45) is 0 Å². The van der Waals surface area contributed by atoms with Crippen molar-refractivity contribution >= 4 is 43.5 Å². The average Bonchev–Trinajstić information content (AvgIpc) is 3.19. The maximum atomic E-state index is 13.0. The lowest BCUT2D eigenvalue weighted by Crippen LogP contribution is -2.28. The Labute approximate surface area is 141 Å². The number of nitrogens with zero attached hydrogens (tertiary/aromatic N) is 3. The molecule has 0 spiro atoms. The Balaban J connectivity index is 1.92. The Kier molecular flexibility index (Phi) is 4.09. The van der Waals surface area contributed by atoms with Gasteiger partial charge >= 0.3 is 0 Å². The monoisotopic (exact) mass is 347 g/mol. The van der Waals surface area contributed by atoms with Crippen LogP contribution in [0.15, 0.2) is 28.3 Å². The van der Waals surface area contributed by atoms with Crippen molar-refractivity contribution in [1.82, 2.24) is 14.5 Å². The Morgan fingerprint density at radius 1 is 1.52 bits per heavy atom. The van der Waals surface area contributed by atoms with E-state index in [0.717, 1.165) is 46.1 Å². The number of hydrogen-bond donors (Lipinski definition) is 0. The zero-order valence-electron chi connectivity index (χ0n) is 12.8. The molecule has 0 saturated carbocycles. The maximum Gasteiger partial charge on any atom is 0.272 e. The van der Waals surface area contributed by atoms with Crippen LogP contribution in [-0.2, 0) is 11.3 Å². The molecule has 1 atom stereocenters. The van der Waals surface area contributed by atoms with Crippen LogP contribution >= 0.6 is 23.1 Å². The first-order chi connectivity index (χ1) is 11.3. The topological polar surface area (TPSA) is 57.0 Å². The minimum absolute atomic E-state index is 0.0319. The van der Waals surface area contributed by atoms with Gasteiger partial charge in [-0.25, -0.2) is 9.97 Å². The molecular weight excluding hydrogens is 330 g/mol. The molecule has 1 unspecified atom stereocenters. The van der Waals surface area contributed by atoms with Crippen molar-refractivity contribution < 1.29 is 4.74 Å². The average molecular weight is 347 g/mol. The van der Waals surface area contributed by atoms with Crippen LogP contribution in [0.5, 0.6) is 0 Å². The Bertz CT molecular complexity index is 913. The van der Waals surface area contributed by atoms with Gasteiger partial charge in [0, 0.05) is 18.2 Å². The summed E-state index contributed by atoms with van der Waals surface area (Å²) in [4.78, 5) is 23.1. The molecule has 1 fully saturated rings. The molecule has 0 aromatic carbocycles. The molecular formula is C16H17N3O2S2. The molecule has 1 aliphatic rings. The highest BCUT2D eigenvalue weighted by molar-refractivity contribution is 7.99. The number of rotatable bonds is 4. The molecule has 7 heteroatoms. The molecule has 0 bridgehead atoms. The molecule has 0 amide bonds. The van der Waals surface area contributed by atoms with Crippen molar-refractivity contribution in [1.29, 1.82) is 0 Å². The van der Waals surface area contributed by atoms with E-state index < -0.39 is 0 Å². The second-order valence-corrected chi connectivity index (χ2v) is 7.74. The standard InChI is InChI=1S/C16H17N3O2S2/c1-2-22-16-18-12-11-6-3-7-17-14(11)23-13(12)15(20)19(16)9-10-5-4-8-21-10/h3,6-7,10H,2,4-5,8-9H2,1H3. The number of thiophene rings is 1. The highest BCUT2D eigenvalue weighted by Crippen LogP contribution is 2.30. The van der Waals surface area contributed by atoms with Crippen LogP contribution in [0.4, 0.5) is 0 Å². The summed E-state index contributed by atoms with van der Waals surface area (Å²) in [7, 11) is 0. The molecule has 1 saturated heterocycles. The molecule has 23 heavy (non-hydrogen) atoms. The van der Waals surface area contributed by atoms with Gasteiger partial charge in [0.05, 0.1) is 18.2 Å². The Morgan fingerprint density at radius 2 is 2.43 bits per heavy atom. The number of thioether (sulfide) groups is 1. The SMILES string of the molecule is CCSc1nc2c(sc3ncccc32)c(=O)n1CC1CCCO1. The van der Waals surface area contributed by atoms with E-state index in [0.29, 0.717) is 11.2 Å². The van der Waals surface area contributed by atoms with E-state index >= 15 is 0 Å². The van der Waals surface area contributed by atoms with Crippen molar-refractivity contribution in [2.75, 3.05) is 12.4 Å². The van der Waals surface area contributed by atoms with Gasteiger partial charge in [-0.05, 0) is 30.7 Å². The van der Waals surface area contributed by atoms with E-state index in [9.17, 15) is 4.79 Å². The van der Waals surface area contributed by atoms with Crippen LogP contribution in [-0.4, -0.2) is 33.0 Å². The van der Waals surface area contributed by atoms with E-state index in [4.69, 9.17) is 9.72 Å². The fourth-order valence-electron chi connectivity index (χ4n) is 2.93. The summed E-state index contributed by atoms with van der Waals surface area (Å²) in [5.74, 6) is 0.879. The lowest BCUT2D eigenvalue weighted by atomic mass is 10.2. The first-order valence-corrected chi connectivity index (χ1v) is 9.60. The van der Waals surface area contributed by atoms with Crippen LogP contribution in [0.2, 0.25) is 0 Å². The normalized spacial score (nSPS) is 18.2. The Hall–Kier alpha value is -1.44. The first-order valence-electron chi connectivity index (χ1n) is 7.80. The maximum absolute atomic E-state index is 13.0. The van der Waals surface area contributed by atoms with Crippen molar-refractivity contribution in [3.8, 4) is 0 Å². The van der Waals surface area contributed by atoms with E-state index in [1.807, 2.05) is 12.1 Å². The predicted octanol–water partition coefficient (Wildman–Crippen LogP) is 3.30. The van der Waals surface area contributed by atoms with Gasteiger partial charge in [0.15, 0.2) is 5.16 Å². The van der Waals surface area contributed by atoms with Gasteiger partial charge in [0.2, 0.25) is 0 Å². The van der Waals surface area contributed by atoms with Gasteiger partial charge in [0.25, 0.3) is 5.56 Å². The molecule has 1 aliphatic heterocycles. The second kappa shape index (κ2) is 6.22. The Morgan fingerprint density at radius 3 is 3.22 bits per heavy atom. The van der Waals surface area contributed by atoms with Gasteiger partial charge in [-0.2, -0.15) is 0 Å². The van der Waals surface area contributed by atoms with Crippen LogP contribution in [0.25, 0.3) is 20.4 Å². The quantitative estimate of drug-likeness (QED) is 0.535. The summed E-state index contributed by atoms with van der Waals surface area (Å²) in [5.41, 5.74) is 0.812.